The fourth-order valence-corrected chi connectivity index (χ4v) is 5.29. The Morgan fingerprint density at radius 3 is 1.80 bits per heavy atom. The van der Waals surface area contributed by atoms with Crippen molar-refractivity contribution in [2.75, 3.05) is 31.1 Å². The molecule has 0 saturated carbocycles. The van der Waals surface area contributed by atoms with Crippen molar-refractivity contribution >= 4 is 51.0 Å². The zero-order chi connectivity index (χ0) is 32.5. The molecule has 13 heteroatoms. The van der Waals surface area contributed by atoms with Crippen molar-refractivity contribution in [1.29, 1.82) is 0 Å². The van der Waals surface area contributed by atoms with Gasteiger partial charge in [0, 0.05) is 36.7 Å². The minimum absolute atomic E-state index is 0.285. The molecule has 2 fully saturated rings. The van der Waals surface area contributed by atoms with E-state index in [-0.39, 0.29) is 11.8 Å². The van der Waals surface area contributed by atoms with Gasteiger partial charge in [-0.15, -0.1) is 0 Å². The van der Waals surface area contributed by atoms with Crippen molar-refractivity contribution in [3.05, 3.63) is 64.3 Å². The van der Waals surface area contributed by atoms with Gasteiger partial charge >= 0.3 is 0 Å². The van der Waals surface area contributed by atoms with E-state index in [1.165, 1.54) is 28.6 Å². The van der Waals surface area contributed by atoms with Gasteiger partial charge in [0.15, 0.2) is 0 Å². The van der Waals surface area contributed by atoms with Crippen molar-refractivity contribution in [2.24, 2.45) is 11.8 Å². The molecule has 12 nitrogen and oxygen atoms in total. The third kappa shape index (κ3) is 9.04. The van der Waals surface area contributed by atoms with Crippen LogP contribution < -0.4 is 21.2 Å². The first-order valence-corrected chi connectivity index (χ1v) is 15.4. The van der Waals surface area contributed by atoms with Gasteiger partial charge in [0.1, 0.15) is 23.6 Å². The summed E-state index contributed by atoms with van der Waals surface area (Å²) in [5.41, 5.74) is 10.1. The molecule has 45 heavy (non-hydrogen) atoms. The van der Waals surface area contributed by atoms with Crippen LogP contribution in [0.1, 0.15) is 47.9 Å². The number of hydroxylamine groups is 2. The van der Waals surface area contributed by atoms with Crippen LogP contribution in [0.15, 0.2) is 36.9 Å². The second-order valence-electron chi connectivity index (χ2n) is 11.7. The maximum atomic E-state index is 11.1. The highest BCUT2D eigenvalue weighted by Crippen LogP contribution is 2.32. The number of rotatable bonds is 7. The second kappa shape index (κ2) is 15.8. The third-order valence-electron chi connectivity index (χ3n) is 8.36. The van der Waals surface area contributed by atoms with Crippen molar-refractivity contribution in [3.63, 3.8) is 0 Å². The molecule has 4 aromatic rings. The molecule has 0 spiro atoms. The molecule has 2 aliphatic rings. The predicted molar refractivity (Wildman–Crippen MR) is 173 cm³/mol. The third-order valence-corrected chi connectivity index (χ3v) is 8.66. The van der Waals surface area contributed by atoms with E-state index >= 15 is 0 Å². The summed E-state index contributed by atoms with van der Waals surface area (Å²) in [6.07, 6.45) is 5.54. The molecular weight excluding hydrogens is 596 g/mol. The molecule has 2 amide bonds. The van der Waals surface area contributed by atoms with E-state index in [9.17, 15) is 9.59 Å². The van der Waals surface area contributed by atoms with Crippen molar-refractivity contribution in [2.45, 2.75) is 53.4 Å². The van der Waals surface area contributed by atoms with Crippen LogP contribution in [0.2, 0.25) is 5.15 Å². The Balaban J connectivity index is 0.000000170. The molecular formula is C32H41ClN8O4. The summed E-state index contributed by atoms with van der Waals surface area (Å²) in [6.45, 7) is 12.1. The van der Waals surface area contributed by atoms with Gasteiger partial charge in [0.05, 0.1) is 11.0 Å². The number of halogens is 1. The Kier molecular flexibility index (Phi) is 11.9. The molecule has 0 bridgehead atoms. The van der Waals surface area contributed by atoms with Crippen LogP contribution in [0.25, 0.3) is 21.8 Å². The lowest BCUT2D eigenvalue weighted by Gasteiger charge is -2.40. The predicted octanol–water partition coefficient (Wildman–Crippen LogP) is 4.36. The van der Waals surface area contributed by atoms with Crippen LogP contribution in [0.5, 0.6) is 0 Å². The molecule has 6 rings (SSSR count). The molecule has 2 aliphatic heterocycles. The molecule has 240 valence electrons. The normalized spacial score (nSPS) is 14.4. The highest BCUT2D eigenvalue weighted by Gasteiger charge is 2.29. The smallest absolute Gasteiger partial charge is 0.243 e. The molecule has 5 N–H and O–H groups in total. The van der Waals surface area contributed by atoms with Crippen LogP contribution in [0, 0.1) is 39.5 Å². The summed E-state index contributed by atoms with van der Waals surface area (Å²) in [7, 11) is 0. The van der Waals surface area contributed by atoms with E-state index in [1.807, 2.05) is 12.1 Å². The number of fused-ring (bicyclic) bond motifs is 2. The summed E-state index contributed by atoms with van der Waals surface area (Å²) in [5.74, 6) is 1.46. The standard InChI is InChI=1S/C16H20N4O2.C10H9ClN2.C6H12N2O2/c1-10-5-13-14(6-11(10)2)17-9-18-16(13)20-7-12(8-20)3-4-15(21)19-22;1-6-3-8-9(4-7(6)2)12-5-13-10(8)11;9-6(8-10)2-1-5-3-7-4-5/h5-6,9,12,22H,3-4,7-8H2,1-2H3,(H,19,21);3-5H,1-2H3;5,7,10H,1-4H2,(H,8,9). The number of nitrogens with one attached hydrogen (secondary N) is 3. The van der Waals surface area contributed by atoms with E-state index in [1.54, 1.807) is 17.3 Å². The van der Waals surface area contributed by atoms with Gasteiger partial charge in [-0.3, -0.25) is 20.0 Å². The molecule has 0 radical (unpaired) electrons. The van der Waals surface area contributed by atoms with Crippen LogP contribution in [-0.4, -0.2) is 68.3 Å². The van der Waals surface area contributed by atoms with Crippen molar-refractivity contribution < 1.29 is 20.0 Å². The topological polar surface area (TPSA) is 165 Å². The van der Waals surface area contributed by atoms with Gasteiger partial charge in [0.2, 0.25) is 11.8 Å². The Labute approximate surface area is 267 Å². The summed E-state index contributed by atoms with van der Waals surface area (Å²) in [6, 6.07) is 8.29. The Hall–Kier alpha value is -3.97. The summed E-state index contributed by atoms with van der Waals surface area (Å²) in [4.78, 5) is 40.6. The van der Waals surface area contributed by atoms with E-state index in [0.717, 1.165) is 66.6 Å². The first-order chi connectivity index (χ1) is 21.6. The fraction of sp³-hybridized carbons (Fsp3) is 0.438. The van der Waals surface area contributed by atoms with Crippen LogP contribution >= 0.6 is 11.6 Å². The first kappa shape index (κ1) is 33.9. The number of carbonyl (C=O) groups excluding carboxylic acids is 2. The number of nitrogens with zero attached hydrogens (tertiary/aromatic N) is 5. The zero-order valence-corrected chi connectivity index (χ0v) is 26.9. The van der Waals surface area contributed by atoms with Crippen molar-refractivity contribution in [3.8, 4) is 0 Å². The number of amides is 2. The minimum atomic E-state index is -0.322. The monoisotopic (exact) mass is 636 g/mol. The van der Waals surface area contributed by atoms with Gasteiger partial charge in [-0.05, 0) is 112 Å². The van der Waals surface area contributed by atoms with Gasteiger partial charge in [0.25, 0.3) is 0 Å². The molecule has 2 aromatic carbocycles. The maximum Gasteiger partial charge on any atom is 0.243 e. The average molecular weight is 637 g/mol. The second-order valence-corrected chi connectivity index (χ2v) is 12.1. The maximum absolute atomic E-state index is 11.1. The summed E-state index contributed by atoms with van der Waals surface area (Å²) in [5, 5.41) is 22.3. The number of carbonyl (C=O) groups is 2. The molecule has 0 unspecified atom stereocenters. The number of anilines is 1. The Bertz CT molecular complexity index is 1640. The van der Waals surface area contributed by atoms with E-state index < -0.39 is 0 Å². The number of hydrogen-bond acceptors (Lipinski definition) is 10. The van der Waals surface area contributed by atoms with Gasteiger partial charge < -0.3 is 10.2 Å². The lowest BCUT2D eigenvalue weighted by atomic mass is 9.94. The first-order valence-electron chi connectivity index (χ1n) is 15.0. The molecule has 0 atom stereocenters. The number of hydrogen-bond donors (Lipinski definition) is 5. The fourth-order valence-electron chi connectivity index (χ4n) is 5.10. The largest absolute Gasteiger partial charge is 0.355 e. The zero-order valence-electron chi connectivity index (χ0n) is 26.1. The molecule has 4 heterocycles. The number of aryl methyl sites for hydroxylation is 4. The highest BCUT2D eigenvalue weighted by molar-refractivity contribution is 6.34. The van der Waals surface area contributed by atoms with Crippen LogP contribution in [0.4, 0.5) is 5.82 Å². The SMILES string of the molecule is Cc1cc2ncnc(Cl)c2cc1C.Cc1cc2ncnc(N3CC(CCC(=O)NO)C3)c2cc1C.O=C(CCC1CNC1)NO. The van der Waals surface area contributed by atoms with Gasteiger partial charge in [-0.2, -0.15) is 0 Å². The van der Waals surface area contributed by atoms with Crippen LogP contribution in [0.3, 0.4) is 0 Å². The summed E-state index contributed by atoms with van der Waals surface area (Å²) >= 11 is 5.93. The molecule has 2 aromatic heterocycles. The minimum Gasteiger partial charge on any atom is -0.355 e. The van der Waals surface area contributed by atoms with Crippen LogP contribution in [-0.2, 0) is 9.59 Å². The lowest BCUT2D eigenvalue weighted by molar-refractivity contribution is -0.130. The van der Waals surface area contributed by atoms with E-state index in [0.29, 0.717) is 29.8 Å². The average Bonchev–Trinajstić information content (AvgIpc) is 2.98. The molecule has 0 aliphatic carbocycles. The van der Waals surface area contributed by atoms with Gasteiger partial charge in [-0.1, -0.05) is 11.6 Å². The lowest BCUT2D eigenvalue weighted by Crippen LogP contribution is -2.47. The number of benzene rings is 2. The molecule has 2 saturated heterocycles. The Morgan fingerprint density at radius 2 is 1.27 bits per heavy atom. The van der Waals surface area contributed by atoms with Crippen molar-refractivity contribution in [1.82, 2.24) is 36.2 Å². The number of aromatic nitrogens is 4. The summed E-state index contributed by atoms with van der Waals surface area (Å²) < 4.78 is 0. The van der Waals surface area contributed by atoms with E-state index in [4.69, 9.17) is 22.0 Å². The van der Waals surface area contributed by atoms with E-state index in [2.05, 4.69) is 70.0 Å². The Morgan fingerprint density at radius 1 is 0.778 bits per heavy atom. The highest BCUT2D eigenvalue weighted by atomic mass is 35.5. The quantitative estimate of drug-likeness (QED) is 0.112. The van der Waals surface area contributed by atoms with Gasteiger partial charge in [-0.25, -0.2) is 30.9 Å².